The third-order valence-electron chi connectivity index (χ3n) is 2.38. The highest BCUT2D eigenvalue weighted by Crippen LogP contribution is 2.26. The van der Waals surface area contributed by atoms with Crippen molar-refractivity contribution in [3.8, 4) is 0 Å². The lowest BCUT2D eigenvalue weighted by molar-refractivity contribution is -0.180. The van der Waals surface area contributed by atoms with E-state index >= 15 is 0 Å². The molecule has 1 fully saturated rings. The Labute approximate surface area is 84.2 Å². The van der Waals surface area contributed by atoms with Gasteiger partial charge in [0.25, 0.3) is 0 Å². The maximum Gasteiger partial charge on any atom is 0.336 e. The fourth-order valence-electron chi connectivity index (χ4n) is 1.45. The summed E-state index contributed by atoms with van der Waals surface area (Å²) in [5, 5.41) is 9.12. The van der Waals surface area contributed by atoms with Crippen molar-refractivity contribution in [1.29, 1.82) is 0 Å². The van der Waals surface area contributed by atoms with E-state index in [1.54, 1.807) is 0 Å². The third-order valence-corrected chi connectivity index (χ3v) is 2.38. The Morgan fingerprint density at radius 2 is 2.07 bits per heavy atom. The van der Waals surface area contributed by atoms with Gasteiger partial charge in [-0.2, -0.15) is 0 Å². The van der Waals surface area contributed by atoms with Crippen LogP contribution in [0.4, 0.5) is 0 Å². The normalized spacial score (nSPS) is 21.1. The number of hydrogen-bond acceptors (Lipinski definition) is 3. The lowest BCUT2D eigenvalue weighted by Crippen LogP contribution is -2.47. The summed E-state index contributed by atoms with van der Waals surface area (Å²) in [5.41, 5.74) is -0.997. The highest BCUT2D eigenvalue weighted by atomic mass is 16.5. The highest BCUT2D eigenvalue weighted by Gasteiger charge is 2.41. The molecule has 4 nitrogen and oxygen atoms in total. The van der Waals surface area contributed by atoms with Gasteiger partial charge in [0.1, 0.15) is 0 Å². The van der Waals surface area contributed by atoms with Crippen molar-refractivity contribution in [2.75, 3.05) is 19.8 Å². The molecule has 1 aliphatic heterocycles. The molecule has 0 bridgehead atoms. The van der Waals surface area contributed by atoms with Gasteiger partial charge in [-0.3, -0.25) is 0 Å². The van der Waals surface area contributed by atoms with E-state index in [9.17, 15) is 4.79 Å². The molecule has 14 heavy (non-hydrogen) atoms. The molecule has 0 aromatic carbocycles. The van der Waals surface area contributed by atoms with Crippen molar-refractivity contribution < 1.29 is 19.4 Å². The number of hydrogen-bond donors (Lipinski definition) is 1. The van der Waals surface area contributed by atoms with Gasteiger partial charge < -0.3 is 14.6 Å². The summed E-state index contributed by atoms with van der Waals surface area (Å²) in [7, 11) is 0. The first-order chi connectivity index (χ1) is 6.57. The molecule has 1 aliphatic rings. The van der Waals surface area contributed by atoms with Crippen LogP contribution in [0.2, 0.25) is 0 Å². The lowest BCUT2D eigenvalue weighted by Gasteiger charge is -2.33. The van der Waals surface area contributed by atoms with Crippen molar-refractivity contribution in [2.45, 2.75) is 32.3 Å². The SMILES string of the molecule is CC(C)COC1(C(=O)O)CCOCC1. The minimum absolute atomic E-state index is 0.356. The van der Waals surface area contributed by atoms with Crippen LogP contribution in [0.1, 0.15) is 26.7 Å². The van der Waals surface area contributed by atoms with Crippen LogP contribution in [0.15, 0.2) is 0 Å². The molecule has 1 heterocycles. The highest BCUT2D eigenvalue weighted by molar-refractivity contribution is 5.77. The van der Waals surface area contributed by atoms with Crippen LogP contribution in [0.5, 0.6) is 0 Å². The Kier molecular flexibility index (Phi) is 3.89. The van der Waals surface area contributed by atoms with Gasteiger partial charge in [0.05, 0.1) is 6.61 Å². The second-order valence-corrected chi connectivity index (χ2v) is 4.12. The molecule has 1 N–H and O–H groups in total. The van der Waals surface area contributed by atoms with E-state index in [-0.39, 0.29) is 0 Å². The van der Waals surface area contributed by atoms with Crippen molar-refractivity contribution in [3.05, 3.63) is 0 Å². The monoisotopic (exact) mass is 202 g/mol. The zero-order valence-corrected chi connectivity index (χ0v) is 8.78. The first kappa shape index (κ1) is 11.5. The summed E-state index contributed by atoms with van der Waals surface area (Å²) in [6.45, 7) is 5.46. The summed E-state index contributed by atoms with van der Waals surface area (Å²) in [4.78, 5) is 11.1. The maximum atomic E-state index is 11.1. The Balaban J connectivity index is 2.56. The molecule has 0 atom stereocenters. The van der Waals surface area contributed by atoms with E-state index in [0.717, 1.165) is 0 Å². The van der Waals surface area contributed by atoms with Crippen LogP contribution in [0.3, 0.4) is 0 Å². The summed E-state index contributed by atoms with van der Waals surface area (Å²) in [6, 6.07) is 0. The van der Waals surface area contributed by atoms with Gasteiger partial charge in [-0.1, -0.05) is 13.8 Å². The van der Waals surface area contributed by atoms with Gasteiger partial charge in [-0.05, 0) is 5.92 Å². The molecule has 0 aliphatic carbocycles. The van der Waals surface area contributed by atoms with Gasteiger partial charge in [0.2, 0.25) is 0 Å². The largest absolute Gasteiger partial charge is 0.479 e. The Hall–Kier alpha value is -0.610. The van der Waals surface area contributed by atoms with Crippen molar-refractivity contribution in [1.82, 2.24) is 0 Å². The molecule has 0 spiro atoms. The number of ether oxygens (including phenoxy) is 2. The second kappa shape index (κ2) is 4.75. The summed E-state index contributed by atoms with van der Waals surface area (Å²) in [6.07, 6.45) is 0.907. The van der Waals surface area contributed by atoms with Crippen molar-refractivity contribution in [3.63, 3.8) is 0 Å². The molecule has 0 radical (unpaired) electrons. The molecule has 0 saturated carbocycles. The van der Waals surface area contributed by atoms with Crippen LogP contribution in [-0.2, 0) is 14.3 Å². The molecule has 82 valence electrons. The van der Waals surface area contributed by atoms with Gasteiger partial charge in [0.15, 0.2) is 5.60 Å². The van der Waals surface area contributed by atoms with Gasteiger partial charge in [0, 0.05) is 26.1 Å². The minimum Gasteiger partial charge on any atom is -0.479 e. The number of rotatable bonds is 4. The molecule has 1 saturated heterocycles. The Bertz CT molecular complexity index is 194. The number of carboxylic acid groups (broad SMARTS) is 1. The van der Waals surface area contributed by atoms with Crippen molar-refractivity contribution in [2.24, 2.45) is 5.92 Å². The summed E-state index contributed by atoms with van der Waals surface area (Å²) >= 11 is 0. The van der Waals surface area contributed by atoms with E-state index in [1.165, 1.54) is 0 Å². The topological polar surface area (TPSA) is 55.8 Å². The third kappa shape index (κ3) is 2.69. The maximum absolute atomic E-state index is 11.1. The van der Waals surface area contributed by atoms with E-state index in [4.69, 9.17) is 14.6 Å². The molecule has 0 amide bonds. The van der Waals surface area contributed by atoms with Crippen LogP contribution < -0.4 is 0 Å². The summed E-state index contributed by atoms with van der Waals surface area (Å²) < 4.78 is 10.7. The average molecular weight is 202 g/mol. The first-order valence-electron chi connectivity index (χ1n) is 5.02. The molecular formula is C10H18O4. The molecule has 0 aromatic heterocycles. The standard InChI is InChI=1S/C10H18O4/c1-8(2)7-14-10(9(11)12)3-5-13-6-4-10/h8H,3-7H2,1-2H3,(H,11,12). The molecule has 0 aromatic rings. The van der Waals surface area contributed by atoms with E-state index in [0.29, 0.717) is 38.6 Å². The number of aliphatic carboxylic acids is 1. The average Bonchev–Trinajstić information content (AvgIpc) is 2.16. The minimum atomic E-state index is -0.997. The zero-order chi connectivity index (χ0) is 10.6. The number of carbonyl (C=O) groups is 1. The molecule has 0 unspecified atom stereocenters. The molecule has 4 heteroatoms. The zero-order valence-electron chi connectivity index (χ0n) is 8.78. The van der Waals surface area contributed by atoms with Crippen LogP contribution in [0.25, 0.3) is 0 Å². The second-order valence-electron chi connectivity index (χ2n) is 4.12. The fraction of sp³-hybridized carbons (Fsp3) is 0.900. The summed E-state index contributed by atoms with van der Waals surface area (Å²) in [5.74, 6) is -0.504. The molecule has 1 rings (SSSR count). The predicted octanol–water partition coefficient (Wildman–Crippen LogP) is 1.29. The van der Waals surface area contributed by atoms with Crippen LogP contribution >= 0.6 is 0 Å². The Morgan fingerprint density at radius 3 is 2.50 bits per heavy atom. The lowest BCUT2D eigenvalue weighted by atomic mass is 9.94. The first-order valence-corrected chi connectivity index (χ1v) is 5.02. The molecular weight excluding hydrogens is 184 g/mol. The van der Waals surface area contributed by atoms with E-state index in [1.807, 2.05) is 13.8 Å². The van der Waals surface area contributed by atoms with Crippen LogP contribution in [-0.4, -0.2) is 36.5 Å². The van der Waals surface area contributed by atoms with Crippen LogP contribution in [0, 0.1) is 5.92 Å². The van der Waals surface area contributed by atoms with E-state index < -0.39 is 11.6 Å². The number of carboxylic acids is 1. The predicted molar refractivity (Wildman–Crippen MR) is 51.2 cm³/mol. The van der Waals surface area contributed by atoms with Gasteiger partial charge in [-0.15, -0.1) is 0 Å². The van der Waals surface area contributed by atoms with Gasteiger partial charge >= 0.3 is 5.97 Å². The van der Waals surface area contributed by atoms with Gasteiger partial charge in [-0.25, -0.2) is 4.79 Å². The van der Waals surface area contributed by atoms with E-state index in [2.05, 4.69) is 0 Å². The Morgan fingerprint density at radius 1 is 1.50 bits per heavy atom. The fourth-order valence-corrected chi connectivity index (χ4v) is 1.45. The smallest absolute Gasteiger partial charge is 0.336 e. The quantitative estimate of drug-likeness (QED) is 0.746. The van der Waals surface area contributed by atoms with Crippen molar-refractivity contribution >= 4 is 5.97 Å².